The zero-order valence-corrected chi connectivity index (χ0v) is 12.1. The van der Waals surface area contributed by atoms with Crippen LogP contribution in [0, 0.1) is 11.3 Å². The van der Waals surface area contributed by atoms with Gasteiger partial charge in [-0.05, 0) is 18.8 Å². The first-order valence-corrected chi connectivity index (χ1v) is 6.90. The Labute approximate surface area is 110 Å². The summed E-state index contributed by atoms with van der Waals surface area (Å²) in [6.07, 6.45) is 2.71. The van der Waals surface area contributed by atoms with Crippen LogP contribution in [0.2, 0.25) is 0 Å². The fourth-order valence-corrected chi connectivity index (χ4v) is 2.18. The van der Waals surface area contributed by atoms with Crippen LogP contribution in [0.15, 0.2) is 0 Å². The third kappa shape index (κ3) is 4.31. The third-order valence-corrected chi connectivity index (χ3v) is 3.41. The molecule has 1 fully saturated rings. The molecule has 1 heterocycles. The van der Waals surface area contributed by atoms with Crippen molar-refractivity contribution in [2.45, 2.75) is 47.0 Å². The molecule has 104 valence electrons. The van der Waals surface area contributed by atoms with Gasteiger partial charge in [0.15, 0.2) is 0 Å². The average Bonchev–Trinajstić information content (AvgIpc) is 2.34. The standard InChI is InChI=1S/C14H26N2O2/c1-5-12(17)16-8-6-7-11(10-16)9-15-13(18)14(2,3)4/h11H,5-10H2,1-4H3,(H,15,18)/t11-/m0/s1. The minimum atomic E-state index is -0.340. The lowest BCUT2D eigenvalue weighted by molar-refractivity contribution is -0.132. The normalized spacial score (nSPS) is 20.7. The van der Waals surface area contributed by atoms with Gasteiger partial charge >= 0.3 is 0 Å². The molecule has 1 saturated heterocycles. The lowest BCUT2D eigenvalue weighted by Crippen LogP contribution is -2.45. The highest BCUT2D eigenvalue weighted by Gasteiger charge is 2.25. The van der Waals surface area contributed by atoms with Gasteiger partial charge < -0.3 is 10.2 Å². The van der Waals surface area contributed by atoms with Crippen molar-refractivity contribution in [1.29, 1.82) is 0 Å². The van der Waals surface area contributed by atoms with Gasteiger partial charge in [0.05, 0.1) is 0 Å². The molecule has 0 bridgehead atoms. The van der Waals surface area contributed by atoms with E-state index in [9.17, 15) is 9.59 Å². The van der Waals surface area contributed by atoms with Gasteiger partial charge in [-0.15, -0.1) is 0 Å². The molecule has 18 heavy (non-hydrogen) atoms. The van der Waals surface area contributed by atoms with Crippen LogP contribution in [0.1, 0.15) is 47.0 Å². The van der Waals surface area contributed by atoms with E-state index in [1.165, 1.54) is 0 Å². The smallest absolute Gasteiger partial charge is 0.225 e. The summed E-state index contributed by atoms with van der Waals surface area (Å²) in [4.78, 5) is 25.4. The number of likely N-dealkylation sites (tertiary alicyclic amines) is 1. The topological polar surface area (TPSA) is 49.4 Å². The fourth-order valence-electron chi connectivity index (χ4n) is 2.18. The Balaban J connectivity index is 2.39. The van der Waals surface area contributed by atoms with Crippen molar-refractivity contribution < 1.29 is 9.59 Å². The number of carbonyl (C=O) groups excluding carboxylic acids is 2. The fraction of sp³-hybridized carbons (Fsp3) is 0.857. The van der Waals surface area contributed by atoms with Crippen molar-refractivity contribution in [2.75, 3.05) is 19.6 Å². The summed E-state index contributed by atoms with van der Waals surface area (Å²) in [7, 11) is 0. The largest absolute Gasteiger partial charge is 0.355 e. The number of amides is 2. The Morgan fingerprint density at radius 1 is 1.33 bits per heavy atom. The molecule has 1 N–H and O–H groups in total. The first kappa shape index (κ1) is 15.0. The van der Waals surface area contributed by atoms with E-state index in [-0.39, 0.29) is 17.2 Å². The zero-order chi connectivity index (χ0) is 13.8. The molecule has 0 unspecified atom stereocenters. The number of nitrogens with zero attached hydrogens (tertiary/aromatic N) is 1. The maximum atomic E-state index is 11.8. The van der Waals surface area contributed by atoms with Gasteiger partial charge in [-0.1, -0.05) is 27.7 Å². The van der Waals surface area contributed by atoms with Crippen LogP contribution in [-0.4, -0.2) is 36.3 Å². The van der Waals surface area contributed by atoms with Crippen molar-refractivity contribution in [2.24, 2.45) is 11.3 Å². The molecule has 0 aliphatic carbocycles. The molecule has 0 aromatic heterocycles. The third-order valence-electron chi connectivity index (χ3n) is 3.41. The molecule has 1 atom stereocenters. The Morgan fingerprint density at radius 3 is 2.56 bits per heavy atom. The molecule has 1 rings (SSSR count). The minimum Gasteiger partial charge on any atom is -0.355 e. The van der Waals surface area contributed by atoms with Crippen LogP contribution in [0.5, 0.6) is 0 Å². The van der Waals surface area contributed by atoms with E-state index in [0.29, 0.717) is 18.9 Å². The molecule has 0 radical (unpaired) electrons. The second-order valence-electron chi connectivity index (χ2n) is 6.16. The maximum Gasteiger partial charge on any atom is 0.225 e. The molecule has 0 saturated carbocycles. The van der Waals surface area contributed by atoms with E-state index in [4.69, 9.17) is 0 Å². The number of hydrogen-bond acceptors (Lipinski definition) is 2. The molecule has 4 heteroatoms. The van der Waals surface area contributed by atoms with E-state index in [2.05, 4.69) is 5.32 Å². The summed E-state index contributed by atoms with van der Waals surface area (Å²) in [5, 5.41) is 2.99. The van der Waals surface area contributed by atoms with Crippen molar-refractivity contribution >= 4 is 11.8 Å². The van der Waals surface area contributed by atoms with E-state index >= 15 is 0 Å². The van der Waals surface area contributed by atoms with Gasteiger partial charge in [0, 0.05) is 31.5 Å². The predicted octanol–water partition coefficient (Wildman–Crippen LogP) is 1.80. The van der Waals surface area contributed by atoms with Crippen LogP contribution >= 0.6 is 0 Å². The van der Waals surface area contributed by atoms with Gasteiger partial charge in [-0.3, -0.25) is 9.59 Å². The van der Waals surface area contributed by atoms with E-state index in [1.54, 1.807) is 0 Å². The second kappa shape index (κ2) is 6.21. The summed E-state index contributed by atoms with van der Waals surface area (Å²) >= 11 is 0. The Kier molecular flexibility index (Phi) is 5.17. The number of nitrogens with one attached hydrogen (secondary N) is 1. The maximum absolute atomic E-state index is 11.8. The van der Waals surface area contributed by atoms with Crippen LogP contribution in [0.3, 0.4) is 0 Å². The lowest BCUT2D eigenvalue weighted by atomic mass is 9.94. The van der Waals surface area contributed by atoms with E-state index < -0.39 is 0 Å². The SMILES string of the molecule is CCC(=O)N1CCC[C@@H](CNC(=O)C(C)(C)C)C1. The van der Waals surface area contributed by atoms with Crippen LogP contribution in [0.4, 0.5) is 0 Å². The molecule has 4 nitrogen and oxygen atoms in total. The molecule has 1 aliphatic rings. The van der Waals surface area contributed by atoms with Gasteiger partial charge in [0.1, 0.15) is 0 Å². The summed E-state index contributed by atoms with van der Waals surface area (Å²) in [5.41, 5.74) is -0.340. The quantitative estimate of drug-likeness (QED) is 0.835. The number of carbonyl (C=O) groups is 2. The van der Waals surface area contributed by atoms with Crippen molar-refractivity contribution in [3.05, 3.63) is 0 Å². The summed E-state index contributed by atoms with van der Waals surface area (Å²) in [6.45, 7) is 9.98. The highest BCUT2D eigenvalue weighted by atomic mass is 16.2. The van der Waals surface area contributed by atoms with Crippen LogP contribution in [0.25, 0.3) is 0 Å². The number of hydrogen-bond donors (Lipinski definition) is 1. The highest BCUT2D eigenvalue weighted by Crippen LogP contribution is 2.18. The van der Waals surface area contributed by atoms with E-state index in [0.717, 1.165) is 25.9 Å². The molecular formula is C14H26N2O2. The first-order valence-electron chi connectivity index (χ1n) is 6.90. The monoisotopic (exact) mass is 254 g/mol. The average molecular weight is 254 g/mol. The molecule has 0 spiro atoms. The Hall–Kier alpha value is -1.06. The van der Waals surface area contributed by atoms with E-state index in [1.807, 2.05) is 32.6 Å². The van der Waals surface area contributed by atoms with Gasteiger partial charge in [-0.25, -0.2) is 0 Å². The van der Waals surface area contributed by atoms with Gasteiger partial charge in [-0.2, -0.15) is 0 Å². The first-order chi connectivity index (χ1) is 8.34. The van der Waals surface area contributed by atoms with Crippen LogP contribution in [-0.2, 0) is 9.59 Å². The summed E-state index contributed by atoms with van der Waals surface area (Å²) < 4.78 is 0. The van der Waals surface area contributed by atoms with Gasteiger partial charge in [0.2, 0.25) is 11.8 Å². The molecule has 2 amide bonds. The molecule has 1 aliphatic heterocycles. The zero-order valence-electron chi connectivity index (χ0n) is 12.1. The number of piperidine rings is 1. The van der Waals surface area contributed by atoms with Crippen molar-refractivity contribution in [3.63, 3.8) is 0 Å². The Morgan fingerprint density at radius 2 is 2.00 bits per heavy atom. The summed E-state index contributed by atoms with van der Waals surface area (Å²) in [5.74, 6) is 0.712. The molecular weight excluding hydrogens is 228 g/mol. The second-order valence-corrected chi connectivity index (χ2v) is 6.16. The minimum absolute atomic E-state index is 0.0847. The summed E-state index contributed by atoms with van der Waals surface area (Å²) in [6, 6.07) is 0. The molecule has 0 aromatic rings. The van der Waals surface area contributed by atoms with Crippen LogP contribution < -0.4 is 5.32 Å². The Bertz CT molecular complexity index is 307. The lowest BCUT2D eigenvalue weighted by Gasteiger charge is -2.33. The predicted molar refractivity (Wildman–Crippen MR) is 72.1 cm³/mol. The highest BCUT2D eigenvalue weighted by molar-refractivity contribution is 5.81. The van der Waals surface area contributed by atoms with Crippen molar-refractivity contribution in [1.82, 2.24) is 10.2 Å². The van der Waals surface area contributed by atoms with Crippen molar-refractivity contribution in [3.8, 4) is 0 Å². The number of rotatable bonds is 3. The van der Waals surface area contributed by atoms with Gasteiger partial charge in [0.25, 0.3) is 0 Å². The molecule has 0 aromatic carbocycles.